The van der Waals surface area contributed by atoms with Gasteiger partial charge in [0.1, 0.15) is 16.3 Å². The molecule has 0 unspecified atom stereocenters. The van der Waals surface area contributed by atoms with Crippen LogP contribution in [0, 0.1) is 5.82 Å². The monoisotopic (exact) mass is 632 g/mol. The van der Waals surface area contributed by atoms with Gasteiger partial charge in [-0.25, -0.2) is 12.8 Å². The van der Waals surface area contributed by atoms with Gasteiger partial charge in [-0.1, -0.05) is 47.5 Å². The van der Waals surface area contributed by atoms with Gasteiger partial charge in [-0.15, -0.1) is 0 Å². The SMILES string of the molecule is O=C(CN(C[C@H]1CCCO1)S(=O)(=O)c1cc(Cl)ccc1Cl)N(Cc1ccc(F)cc1)Cc1coc2ccccc2c1=O. The molecule has 2 heterocycles. The van der Waals surface area contributed by atoms with Gasteiger partial charge in [0.05, 0.1) is 41.4 Å². The molecule has 42 heavy (non-hydrogen) atoms. The number of hydrogen-bond donors (Lipinski definition) is 0. The highest BCUT2D eigenvalue weighted by Crippen LogP contribution is 2.29. The van der Waals surface area contributed by atoms with Crippen LogP contribution in [0.15, 0.2) is 87.1 Å². The second kappa shape index (κ2) is 12.9. The largest absolute Gasteiger partial charge is 0.464 e. The maximum Gasteiger partial charge on any atom is 0.245 e. The molecule has 0 radical (unpaired) electrons. The molecule has 8 nitrogen and oxygen atoms in total. The Labute approximate surface area is 252 Å². The molecular formula is C30H27Cl2FN2O6S. The quantitative estimate of drug-likeness (QED) is 0.225. The molecule has 1 aliphatic heterocycles. The maximum absolute atomic E-state index is 13.9. The van der Waals surface area contributed by atoms with Crippen molar-refractivity contribution in [3.05, 3.63) is 110 Å². The number of benzene rings is 3. The lowest BCUT2D eigenvalue weighted by molar-refractivity contribution is -0.132. The van der Waals surface area contributed by atoms with Gasteiger partial charge >= 0.3 is 0 Å². The molecule has 5 rings (SSSR count). The molecule has 1 fully saturated rings. The zero-order valence-electron chi connectivity index (χ0n) is 22.3. The molecule has 1 amide bonds. The Morgan fingerprint density at radius 3 is 2.52 bits per heavy atom. The van der Waals surface area contributed by atoms with Crippen molar-refractivity contribution in [1.82, 2.24) is 9.21 Å². The van der Waals surface area contributed by atoms with Crippen molar-refractivity contribution in [3.8, 4) is 0 Å². The van der Waals surface area contributed by atoms with Gasteiger partial charge < -0.3 is 14.1 Å². The summed E-state index contributed by atoms with van der Waals surface area (Å²) in [5.41, 5.74) is 0.870. The second-order valence-electron chi connectivity index (χ2n) is 9.97. The molecule has 1 atom stereocenters. The Hall–Kier alpha value is -3.28. The Kier molecular flexibility index (Phi) is 9.29. The minimum atomic E-state index is -4.30. The van der Waals surface area contributed by atoms with Gasteiger partial charge in [0.15, 0.2) is 5.43 Å². The fraction of sp³-hybridized carbons (Fsp3) is 0.267. The summed E-state index contributed by atoms with van der Waals surface area (Å²) in [6.45, 7) is -0.352. The van der Waals surface area contributed by atoms with Gasteiger partial charge in [-0.3, -0.25) is 9.59 Å². The molecule has 4 aromatic rings. The Bertz CT molecular complexity index is 1760. The Morgan fingerprint density at radius 2 is 1.79 bits per heavy atom. The maximum atomic E-state index is 13.9. The smallest absolute Gasteiger partial charge is 0.245 e. The van der Waals surface area contributed by atoms with Crippen LogP contribution in [0.2, 0.25) is 10.0 Å². The van der Waals surface area contributed by atoms with E-state index >= 15 is 0 Å². The number of carbonyl (C=O) groups excluding carboxylic acids is 1. The standard InChI is InChI=1S/C30H27Cl2FN2O6S/c31-22-9-12-26(32)28(14-22)42(38,39)35(17-24-4-3-13-40-24)18-29(36)34(15-20-7-10-23(33)11-8-20)16-21-19-41-27-6-2-1-5-25(27)30(21)37/h1-2,5-12,14,19,24H,3-4,13,15-18H2/t24-/m1/s1. The van der Waals surface area contributed by atoms with Gasteiger partial charge in [-0.05, 0) is 60.9 Å². The Morgan fingerprint density at radius 1 is 1.02 bits per heavy atom. The van der Waals surface area contributed by atoms with Crippen molar-refractivity contribution in [2.24, 2.45) is 0 Å². The number of rotatable bonds is 10. The number of sulfonamides is 1. The summed E-state index contributed by atoms with van der Waals surface area (Å²) in [5.74, 6) is -1.04. The highest BCUT2D eigenvalue weighted by molar-refractivity contribution is 7.89. The molecule has 3 aromatic carbocycles. The van der Waals surface area contributed by atoms with Crippen molar-refractivity contribution in [2.45, 2.75) is 36.9 Å². The minimum absolute atomic E-state index is 0.0167. The van der Waals surface area contributed by atoms with Crippen LogP contribution >= 0.6 is 23.2 Å². The third kappa shape index (κ3) is 6.85. The van der Waals surface area contributed by atoms with Crippen molar-refractivity contribution >= 4 is 50.1 Å². The van der Waals surface area contributed by atoms with Gasteiger partial charge in [0.2, 0.25) is 15.9 Å². The topological polar surface area (TPSA) is 97.1 Å². The molecule has 0 N–H and O–H groups in total. The number of ether oxygens (including phenoxy) is 1. The highest BCUT2D eigenvalue weighted by atomic mass is 35.5. The summed E-state index contributed by atoms with van der Waals surface area (Å²) in [6.07, 6.45) is 2.27. The van der Waals surface area contributed by atoms with Gasteiger partial charge in [0.25, 0.3) is 0 Å². The molecule has 220 valence electrons. The van der Waals surface area contributed by atoms with Crippen LogP contribution in [0.5, 0.6) is 0 Å². The summed E-state index contributed by atoms with van der Waals surface area (Å²) in [6, 6.07) is 16.4. The van der Waals surface area contributed by atoms with E-state index < -0.39 is 34.4 Å². The van der Waals surface area contributed by atoms with E-state index in [1.165, 1.54) is 53.6 Å². The predicted octanol–water partition coefficient (Wildman–Crippen LogP) is 5.64. The normalized spacial score (nSPS) is 15.4. The molecule has 1 saturated heterocycles. The number of halogens is 3. The van der Waals surface area contributed by atoms with Crippen LogP contribution in [0.4, 0.5) is 4.39 Å². The molecule has 0 aliphatic carbocycles. The first-order valence-electron chi connectivity index (χ1n) is 13.2. The number of amides is 1. The second-order valence-corrected chi connectivity index (χ2v) is 12.7. The number of fused-ring (bicyclic) bond motifs is 1. The van der Waals surface area contributed by atoms with Gasteiger partial charge in [0, 0.05) is 24.7 Å². The van der Waals surface area contributed by atoms with E-state index in [1.54, 1.807) is 24.3 Å². The first-order valence-corrected chi connectivity index (χ1v) is 15.4. The predicted molar refractivity (Wildman–Crippen MR) is 157 cm³/mol. The number of hydrogen-bond acceptors (Lipinski definition) is 6. The van der Waals surface area contributed by atoms with Crippen molar-refractivity contribution < 1.29 is 26.8 Å². The summed E-state index contributed by atoms with van der Waals surface area (Å²) in [5, 5.41) is 0.478. The highest BCUT2D eigenvalue weighted by Gasteiger charge is 2.34. The van der Waals surface area contributed by atoms with E-state index in [4.69, 9.17) is 32.4 Å². The van der Waals surface area contributed by atoms with Crippen LogP contribution in [-0.2, 0) is 32.6 Å². The molecule has 0 saturated carbocycles. The van der Waals surface area contributed by atoms with Crippen LogP contribution in [0.25, 0.3) is 11.0 Å². The number of carbonyl (C=O) groups is 1. The lowest BCUT2D eigenvalue weighted by atomic mass is 10.1. The first kappa shape index (κ1) is 30.2. The third-order valence-corrected chi connectivity index (χ3v) is 9.53. The summed E-state index contributed by atoms with van der Waals surface area (Å²) in [4.78, 5) is 28.3. The number of nitrogens with zero attached hydrogens (tertiary/aromatic N) is 2. The van der Waals surface area contributed by atoms with E-state index in [9.17, 15) is 22.4 Å². The summed E-state index contributed by atoms with van der Waals surface area (Å²) in [7, 11) is -4.30. The van der Waals surface area contributed by atoms with Crippen molar-refractivity contribution in [1.29, 1.82) is 0 Å². The zero-order valence-corrected chi connectivity index (χ0v) is 24.7. The van der Waals surface area contributed by atoms with E-state index in [2.05, 4.69) is 0 Å². The van der Waals surface area contributed by atoms with E-state index in [0.29, 0.717) is 29.6 Å². The van der Waals surface area contributed by atoms with E-state index in [-0.39, 0.29) is 45.6 Å². The van der Waals surface area contributed by atoms with Crippen LogP contribution in [0.1, 0.15) is 24.0 Å². The van der Waals surface area contributed by atoms with Crippen LogP contribution < -0.4 is 5.43 Å². The molecule has 1 aliphatic rings. The van der Waals surface area contributed by atoms with Crippen LogP contribution in [0.3, 0.4) is 0 Å². The number of para-hydroxylation sites is 1. The molecule has 0 bridgehead atoms. The average molecular weight is 634 g/mol. The molecule has 12 heteroatoms. The van der Waals surface area contributed by atoms with Gasteiger partial charge in [-0.2, -0.15) is 4.31 Å². The summed E-state index contributed by atoms with van der Waals surface area (Å²) < 4.78 is 53.7. The Balaban J connectivity index is 1.49. The lowest BCUT2D eigenvalue weighted by Crippen LogP contribution is -2.45. The third-order valence-electron chi connectivity index (χ3n) is 7.01. The van der Waals surface area contributed by atoms with E-state index in [0.717, 1.165) is 10.7 Å². The van der Waals surface area contributed by atoms with Crippen molar-refractivity contribution in [3.63, 3.8) is 0 Å². The first-order chi connectivity index (χ1) is 20.1. The molecular weight excluding hydrogens is 606 g/mol. The average Bonchev–Trinajstić information content (AvgIpc) is 3.49. The molecule has 0 spiro atoms. The fourth-order valence-electron chi connectivity index (χ4n) is 4.80. The van der Waals surface area contributed by atoms with Crippen molar-refractivity contribution in [2.75, 3.05) is 19.7 Å². The minimum Gasteiger partial charge on any atom is -0.464 e. The molecule has 1 aromatic heterocycles. The van der Waals surface area contributed by atoms with E-state index in [1.807, 2.05) is 0 Å². The fourth-order valence-corrected chi connectivity index (χ4v) is 6.96. The van der Waals surface area contributed by atoms with Crippen LogP contribution in [-0.4, -0.2) is 49.3 Å². The zero-order chi connectivity index (χ0) is 29.9. The lowest BCUT2D eigenvalue weighted by Gasteiger charge is -2.29. The summed E-state index contributed by atoms with van der Waals surface area (Å²) >= 11 is 12.4.